The molecular formula is C23H30N2O5S. The van der Waals surface area contributed by atoms with Gasteiger partial charge >= 0.3 is 0 Å². The highest BCUT2D eigenvalue weighted by atomic mass is 32.2. The van der Waals surface area contributed by atoms with E-state index >= 15 is 0 Å². The maximum Gasteiger partial charge on any atom is 0.241 e. The van der Waals surface area contributed by atoms with Gasteiger partial charge in [-0.15, -0.1) is 0 Å². The van der Waals surface area contributed by atoms with E-state index in [-0.39, 0.29) is 17.2 Å². The lowest BCUT2D eigenvalue weighted by Gasteiger charge is -2.33. The minimum atomic E-state index is -3.96. The summed E-state index contributed by atoms with van der Waals surface area (Å²) in [5.74, 6) is 1.11. The number of nitrogens with zero attached hydrogens (tertiary/aromatic N) is 1. The number of piperidine rings is 1. The third-order valence-electron chi connectivity index (χ3n) is 5.64. The van der Waals surface area contributed by atoms with Crippen molar-refractivity contribution < 1.29 is 22.7 Å². The number of hydrogen-bond acceptors (Lipinski definition) is 5. The van der Waals surface area contributed by atoms with Gasteiger partial charge in [0.1, 0.15) is 6.04 Å². The van der Waals surface area contributed by atoms with E-state index in [0.717, 1.165) is 18.4 Å². The average Bonchev–Trinajstić information content (AvgIpc) is 2.78. The SMILES string of the molecule is COc1ccc(S(=O)(=O)N[C@@H](Cc2ccccc2)C(=O)N2CCC(C)CC2)cc1OC. The number of benzene rings is 2. The largest absolute Gasteiger partial charge is 0.493 e. The van der Waals surface area contributed by atoms with Crippen LogP contribution in [-0.4, -0.2) is 52.6 Å². The van der Waals surface area contributed by atoms with Crippen molar-refractivity contribution in [2.75, 3.05) is 27.3 Å². The second kappa shape index (κ2) is 10.2. The Bertz CT molecular complexity index is 986. The molecular weight excluding hydrogens is 416 g/mol. The van der Waals surface area contributed by atoms with Gasteiger partial charge in [-0.2, -0.15) is 4.72 Å². The standard InChI is InChI=1S/C23H30N2O5S/c1-17-11-13-25(14-12-17)23(26)20(15-18-7-5-4-6-8-18)24-31(27,28)19-9-10-21(29-2)22(16-19)30-3/h4-10,16-17,20,24H,11-15H2,1-3H3/t20-/m0/s1. The third-order valence-corrected chi connectivity index (χ3v) is 7.11. The molecule has 2 aromatic rings. The van der Waals surface area contributed by atoms with Crippen molar-refractivity contribution in [3.63, 3.8) is 0 Å². The molecule has 0 radical (unpaired) electrons. The van der Waals surface area contributed by atoms with Gasteiger partial charge in [-0.25, -0.2) is 8.42 Å². The Morgan fingerprint density at radius 3 is 2.32 bits per heavy atom. The predicted molar refractivity (Wildman–Crippen MR) is 119 cm³/mol. The van der Waals surface area contributed by atoms with E-state index in [1.54, 1.807) is 4.90 Å². The highest BCUT2D eigenvalue weighted by molar-refractivity contribution is 7.89. The zero-order chi connectivity index (χ0) is 22.4. The lowest BCUT2D eigenvalue weighted by Crippen LogP contribution is -2.51. The van der Waals surface area contributed by atoms with Crippen LogP contribution < -0.4 is 14.2 Å². The topological polar surface area (TPSA) is 84.9 Å². The maximum absolute atomic E-state index is 13.3. The molecule has 1 N–H and O–H groups in total. The van der Waals surface area contributed by atoms with Crippen LogP contribution in [0.4, 0.5) is 0 Å². The number of rotatable bonds is 8. The Hall–Kier alpha value is -2.58. The fourth-order valence-electron chi connectivity index (χ4n) is 3.72. The van der Waals surface area contributed by atoms with Crippen LogP contribution in [0.5, 0.6) is 11.5 Å². The highest BCUT2D eigenvalue weighted by Crippen LogP contribution is 2.29. The molecule has 0 aromatic heterocycles. The Labute approximate surface area is 184 Å². The fourth-order valence-corrected chi connectivity index (χ4v) is 4.92. The lowest BCUT2D eigenvalue weighted by molar-refractivity contribution is -0.134. The van der Waals surface area contributed by atoms with Gasteiger partial charge in [0.25, 0.3) is 0 Å². The van der Waals surface area contributed by atoms with Crippen LogP contribution in [-0.2, 0) is 21.2 Å². The van der Waals surface area contributed by atoms with Gasteiger partial charge < -0.3 is 14.4 Å². The summed E-state index contributed by atoms with van der Waals surface area (Å²) in [4.78, 5) is 15.1. The van der Waals surface area contributed by atoms with Gasteiger partial charge in [0, 0.05) is 19.2 Å². The summed E-state index contributed by atoms with van der Waals surface area (Å²) in [5, 5.41) is 0. The van der Waals surface area contributed by atoms with Gasteiger partial charge in [0.2, 0.25) is 15.9 Å². The molecule has 3 rings (SSSR count). The zero-order valence-corrected chi connectivity index (χ0v) is 19.0. The van der Waals surface area contributed by atoms with Crippen molar-refractivity contribution in [2.45, 2.75) is 37.1 Å². The van der Waals surface area contributed by atoms with Crippen molar-refractivity contribution in [2.24, 2.45) is 5.92 Å². The van der Waals surface area contributed by atoms with Crippen LogP contribution in [0.15, 0.2) is 53.4 Å². The monoisotopic (exact) mass is 446 g/mol. The number of likely N-dealkylation sites (tertiary alicyclic amines) is 1. The summed E-state index contributed by atoms with van der Waals surface area (Å²) in [6, 6.07) is 12.9. The second-order valence-electron chi connectivity index (χ2n) is 7.89. The first kappa shape index (κ1) is 23.1. The molecule has 0 spiro atoms. The van der Waals surface area contributed by atoms with Gasteiger partial charge in [-0.05, 0) is 42.9 Å². The number of carbonyl (C=O) groups excluding carboxylic acids is 1. The third kappa shape index (κ3) is 5.77. The molecule has 1 aliphatic rings. The van der Waals surface area contributed by atoms with Crippen molar-refractivity contribution in [1.29, 1.82) is 0 Å². The zero-order valence-electron chi connectivity index (χ0n) is 18.2. The quantitative estimate of drug-likeness (QED) is 0.674. The van der Waals surface area contributed by atoms with E-state index in [0.29, 0.717) is 30.5 Å². The van der Waals surface area contributed by atoms with Gasteiger partial charge in [0.15, 0.2) is 11.5 Å². The Morgan fingerprint density at radius 1 is 1.06 bits per heavy atom. The Kier molecular flexibility index (Phi) is 7.56. The molecule has 31 heavy (non-hydrogen) atoms. The van der Waals surface area contributed by atoms with Gasteiger partial charge in [-0.3, -0.25) is 4.79 Å². The molecule has 0 saturated carbocycles. The van der Waals surface area contributed by atoms with E-state index in [9.17, 15) is 13.2 Å². The van der Waals surface area contributed by atoms with Crippen LogP contribution in [0.2, 0.25) is 0 Å². The lowest BCUT2D eigenvalue weighted by atomic mass is 9.98. The summed E-state index contributed by atoms with van der Waals surface area (Å²) >= 11 is 0. The smallest absolute Gasteiger partial charge is 0.241 e. The van der Waals surface area contributed by atoms with Crippen LogP contribution in [0, 0.1) is 5.92 Å². The minimum absolute atomic E-state index is 0.0169. The molecule has 1 saturated heterocycles. The van der Waals surface area contributed by atoms with Crippen molar-refractivity contribution in [3.05, 3.63) is 54.1 Å². The molecule has 0 bridgehead atoms. The Balaban J connectivity index is 1.87. The summed E-state index contributed by atoms with van der Waals surface area (Å²) in [6.45, 7) is 3.45. The molecule has 1 fully saturated rings. The molecule has 1 amide bonds. The molecule has 1 heterocycles. The van der Waals surface area contributed by atoms with Gasteiger partial charge in [-0.1, -0.05) is 37.3 Å². The van der Waals surface area contributed by atoms with E-state index in [4.69, 9.17) is 9.47 Å². The molecule has 1 aliphatic heterocycles. The minimum Gasteiger partial charge on any atom is -0.493 e. The number of nitrogens with one attached hydrogen (secondary N) is 1. The fraction of sp³-hybridized carbons (Fsp3) is 0.435. The van der Waals surface area contributed by atoms with Crippen molar-refractivity contribution >= 4 is 15.9 Å². The van der Waals surface area contributed by atoms with Gasteiger partial charge in [0.05, 0.1) is 19.1 Å². The van der Waals surface area contributed by atoms with E-state index in [1.807, 2.05) is 30.3 Å². The molecule has 1 atom stereocenters. The number of hydrogen-bond donors (Lipinski definition) is 1. The first-order chi connectivity index (χ1) is 14.8. The van der Waals surface area contributed by atoms with E-state index in [2.05, 4.69) is 11.6 Å². The number of sulfonamides is 1. The number of ether oxygens (including phenoxy) is 2. The van der Waals surface area contributed by atoms with Crippen LogP contribution >= 0.6 is 0 Å². The number of methoxy groups -OCH3 is 2. The summed E-state index contributed by atoms with van der Waals surface area (Å²) in [7, 11) is -1.04. The molecule has 0 aliphatic carbocycles. The molecule has 7 nitrogen and oxygen atoms in total. The number of amides is 1. The molecule has 0 unspecified atom stereocenters. The summed E-state index contributed by atoms with van der Waals surface area (Å²) < 4.78 is 39.4. The summed E-state index contributed by atoms with van der Waals surface area (Å²) in [5.41, 5.74) is 0.890. The molecule has 2 aromatic carbocycles. The Morgan fingerprint density at radius 2 is 1.71 bits per heavy atom. The van der Waals surface area contributed by atoms with Crippen LogP contribution in [0.25, 0.3) is 0 Å². The van der Waals surface area contributed by atoms with Crippen LogP contribution in [0.1, 0.15) is 25.3 Å². The normalized spacial score (nSPS) is 16.0. The molecule has 8 heteroatoms. The summed E-state index contributed by atoms with van der Waals surface area (Å²) in [6.07, 6.45) is 2.12. The predicted octanol–water partition coefficient (Wildman–Crippen LogP) is 2.85. The van der Waals surface area contributed by atoms with E-state index < -0.39 is 16.1 Å². The maximum atomic E-state index is 13.3. The first-order valence-electron chi connectivity index (χ1n) is 10.4. The molecule has 168 valence electrons. The second-order valence-corrected chi connectivity index (χ2v) is 9.60. The van der Waals surface area contributed by atoms with E-state index in [1.165, 1.54) is 32.4 Å². The average molecular weight is 447 g/mol. The highest BCUT2D eigenvalue weighted by Gasteiger charge is 2.31. The first-order valence-corrected chi connectivity index (χ1v) is 11.9. The van der Waals surface area contributed by atoms with Crippen LogP contribution in [0.3, 0.4) is 0 Å². The van der Waals surface area contributed by atoms with Crippen molar-refractivity contribution in [1.82, 2.24) is 9.62 Å². The number of carbonyl (C=O) groups is 1. The van der Waals surface area contributed by atoms with Crippen molar-refractivity contribution in [3.8, 4) is 11.5 Å².